The summed E-state index contributed by atoms with van der Waals surface area (Å²) >= 11 is 0. The first-order valence-electron chi connectivity index (χ1n) is 7.39. The highest BCUT2D eigenvalue weighted by Gasteiger charge is 2.59. The number of hydrogen-bond acceptors (Lipinski definition) is 1. The number of hydrogen-bond donors (Lipinski definition) is 1. The van der Waals surface area contributed by atoms with E-state index in [0.29, 0.717) is 11.5 Å². The number of fused-ring (bicyclic) bond motifs is 2. The fraction of sp³-hybridized carbons (Fsp3) is 0.588. The predicted octanol–water partition coefficient (Wildman–Crippen LogP) is 3.77. The summed E-state index contributed by atoms with van der Waals surface area (Å²) < 4.78 is 12.9. The minimum atomic E-state index is -0.311. The van der Waals surface area contributed by atoms with Crippen LogP contribution in [-0.2, 0) is 0 Å². The zero-order chi connectivity index (χ0) is 14.5. The third kappa shape index (κ3) is 1.95. The molecule has 3 rings (SSSR count). The van der Waals surface area contributed by atoms with Crippen LogP contribution in [0.25, 0.3) is 0 Å². The summed E-state index contributed by atoms with van der Waals surface area (Å²) in [5, 5.41) is 3.22. The lowest BCUT2D eigenvalue weighted by Gasteiger charge is -2.43. The molecule has 2 nitrogen and oxygen atoms in total. The molecular formula is C17H22FNO. The Morgan fingerprint density at radius 2 is 1.90 bits per heavy atom. The molecule has 2 fully saturated rings. The van der Waals surface area contributed by atoms with Gasteiger partial charge in [0.05, 0.1) is 0 Å². The van der Waals surface area contributed by atoms with Gasteiger partial charge in [-0.3, -0.25) is 4.79 Å². The zero-order valence-electron chi connectivity index (χ0n) is 12.4. The lowest BCUT2D eigenvalue weighted by Crippen LogP contribution is -2.52. The highest BCUT2D eigenvalue weighted by molar-refractivity contribution is 5.94. The second-order valence-corrected chi connectivity index (χ2v) is 7.33. The van der Waals surface area contributed by atoms with Crippen molar-refractivity contribution in [1.82, 2.24) is 5.32 Å². The maximum absolute atomic E-state index is 12.9. The van der Waals surface area contributed by atoms with Crippen LogP contribution in [0, 0.1) is 22.6 Å². The molecule has 1 N–H and O–H groups in total. The fourth-order valence-corrected chi connectivity index (χ4v) is 4.48. The molecule has 1 amide bonds. The summed E-state index contributed by atoms with van der Waals surface area (Å²) in [6.07, 6.45) is 3.66. The second kappa shape index (κ2) is 4.31. The van der Waals surface area contributed by atoms with E-state index in [2.05, 4.69) is 26.1 Å². The van der Waals surface area contributed by atoms with Gasteiger partial charge in [-0.05, 0) is 60.3 Å². The van der Waals surface area contributed by atoms with Crippen molar-refractivity contribution in [3.63, 3.8) is 0 Å². The standard InChI is InChI=1S/C17H22FNO/c1-16(2)12-8-9-17(3,10-12)15(16)19-14(20)11-4-6-13(18)7-5-11/h4-7,12,15H,8-10H2,1-3H3,(H,19,20). The molecule has 2 saturated carbocycles. The van der Waals surface area contributed by atoms with Crippen molar-refractivity contribution in [2.24, 2.45) is 16.7 Å². The van der Waals surface area contributed by atoms with Crippen LogP contribution in [0.2, 0.25) is 0 Å². The molecule has 2 aliphatic rings. The van der Waals surface area contributed by atoms with Crippen LogP contribution in [0.4, 0.5) is 4.39 Å². The Bertz CT molecular complexity index is 532. The molecule has 2 bridgehead atoms. The SMILES string of the molecule is CC12CCC(C1)C(C)(C)C2NC(=O)c1ccc(F)cc1. The van der Waals surface area contributed by atoms with Crippen molar-refractivity contribution in [3.05, 3.63) is 35.6 Å². The van der Waals surface area contributed by atoms with E-state index in [1.54, 1.807) is 12.1 Å². The first kappa shape index (κ1) is 13.6. The van der Waals surface area contributed by atoms with E-state index in [1.807, 2.05) is 0 Å². The lowest BCUT2D eigenvalue weighted by atomic mass is 9.68. The highest BCUT2D eigenvalue weighted by Crippen LogP contribution is 2.62. The van der Waals surface area contributed by atoms with Crippen LogP contribution in [0.3, 0.4) is 0 Å². The van der Waals surface area contributed by atoms with Gasteiger partial charge < -0.3 is 5.32 Å². The summed E-state index contributed by atoms with van der Waals surface area (Å²) in [5.41, 5.74) is 0.889. The summed E-state index contributed by atoms with van der Waals surface area (Å²) in [7, 11) is 0. The Morgan fingerprint density at radius 3 is 2.45 bits per heavy atom. The largest absolute Gasteiger partial charge is 0.348 e. The number of benzene rings is 1. The molecule has 0 heterocycles. The average Bonchev–Trinajstić information content (AvgIpc) is 2.86. The van der Waals surface area contributed by atoms with Gasteiger partial charge in [-0.25, -0.2) is 4.39 Å². The highest BCUT2D eigenvalue weighted by atomic mass is 19.1. The molecule has 2 aliphatic carbocycles. The minimum absolute atomic E-state index is 0.0862. The van der Waals surface area contributed by atoms with Gasteiger partial charge >= 0.3 is 0 Å². The summed E-state index contributed by atoms with van der Waals surface area (Å²) in [6, 6.07) is 5.97. The van der Waals surface area contributed by atoms with Gasteiger partial charge in [0, 0.05) is 11.6 Å². The Hall–Kier alpha value is -1.38. The van der Waals surface area contributed by atoms with Gasteiger partial charge in [0.15, 0.2) is 0 Å². The number of rotatable bonds is 2. The zero-order valence-corrected chi connectivity index (χ0v) is 12.4. The molecule has 1 aromatic carbocycles. The van der Waals surface area contributed by atoms with Gasteiger partial charge in [-0.2, -0.15) is 0 Å². The molecule has 3 heteroatoms. The summed E-state index contributed by atoms with van der Waals surface area (Å²) in [5.74, 6) is 0.302. The first-order chi connectivity index (χ1) is 9.33. The van der Waals surface area contributed by atoms with Crippen molar-refractivity contribution in [1.29, 1.82) is 0 Å². The van der Waals surface area contributed by atoms with Crippen LogP contribution < -0.4 is 5.32 Å². The van der Waals surface area contributed by atoms with Crippen LogP contribution in [0.5, 0.6) is 0 Å². The fourth-order valence-electron chi connectivity index (χ4n) is 4.48. The quantitative estimate of drug-likeness (QED) is 0.874. The van der Waals surface area contributed by atoms with Crippen LogP contribution in [-0.4, -0.2) is 11.9 Å². The summed E-state index contributed by atoms with van der Waals surface area (Å²) in [6.45, 7) is 6.81. The van der Waals surface area contributed by atoms with Gasteiger partial charge in [0.2, 0.25) is 0 Å². The normalized spacial score (nSPS) is 34.2. The molecule has 3 unspecified atom stereocenters. The van der Waals surface area contributed by atoms with Crippen molar-refractivity contribution >= 4 is 5.91 Å². The smallest absolute Gasteiger partial charge is 0.251 e. The van der Waals surface area contributed by atoms with Gasteiger partial charge in [0.1, 0.15) is 5.82 Å². The maximum atomic E-state index is 12.9. The van der Waals surface area contributed by atoms with Crippen molar-refractivity contribution in [3.8, 4) is 0 Å². The van der Waals surface area contributed by atoms with E-state index >= 15 is 0 Å². The summed E-state index contributed by atoms with van der Waals surface area (Å²) in [4.78, 5) is 12.4. The van der Waals surface area contributed by atoms with E-state index in [9.17, 15) is 9.18 Å². The molecule has 0 radical (unpaired) electrons. The minimum Gasteiger partial charge on any atom is -0.348 e. The number of halogens is 1. The van der Waals surface area contributed by atoms with E-state index in [4.69, 9.17) is 0 Å². The number of carbonyl (C=O) groups excluding carboxylic acids is 1. The maximum Gasteiger partial charge on any atom is 0.251 e. The molecule has 108 valence electrons. The van der Waals surface area contributed by atoms with Crippen LogP contribution >= 0.6 is 0 Å². The first-order valence-corrected chi connectivity index (χ1v) is 7.39. The third-order valence-electron chi connectivity index (χ3n) is 5.65. The average molecular weight is 275 g/mol. The van der Waals surface area contributed by atoms with Gasteiger partial charge in [0.25, 0.3) is 5.91 Å². The number of amides is 1. The van der Waals surface area contributed by atoms with Gasteiger partial charge in [-0.15, -0.1) is 0 Å². The van der Waals surface area contributed by atoms with E-state index in [-0.39, 0.29) is 28.6 Å². The Morgan fingerprint density at radius 1 is 1.25 bits per heavy atom. The number of nitrogens with one attached hydrogen (secondary N) is 1. The van der Waals surface area contributed by atoms with Crippen molar-refractivity contribution in [2.75, 3.05) is 0 Å². The molecule has 0 spiro atoms. The molecular weight excluding hydrogens is 253 g/mol. The molecule has 0 saturated heterocycles. The monoisotopic (exact) mass is 275 g/mol. The van der Waals surface area contributed by atoms with Crippen molar-refractivity contribution < 1.29 is 9.18 Å². The van der Waals surface area contributed by atoms with Crippen LogP contribution in [0.15, 0.2) is 24.3 Å². The van der Waals surface area contributed by atoms with E-state index < -0.39 is 0 Å². The molecule has 20 heavy (non-hydrogen) atoms. The topological polar surface area (TPSA) is 29.1 Å². The van der Waals surface area contributed by atoms with Gasteiger partial charge in [-0.1, -0.05) is 20.8 Å². The Balaban J connectivity index is 1.80. The second-order valence-electron chi connectivity index (χ2n) is 7.33. The third-order valence-corrected chi connectivity index (χ3v) is 5.65. The molecule has 0 aliphatic heterocycles. The number of carbonyl (C=O) groups is 1. The van der Waals surface area contributed by atoms with E-state index in [1.165, 1.54) is 31.4 Å². The Labute approximate surface area is 119 Å². The molecule has 1 aromatic rings. The van der Waals surface area contributed by atoms with Crippen LogP contribution in [0.1, 0.15) is 50.4 Å². The molecule has 3 atom stereocenters. The Kier molecular flexibility index (Phi) is 2.93. The predicted molar refractivity (Wildman–Crippen MR) is 76.9 cm³/mol. The molecule has 0 aromatic heterocycles. The lowest BCUT2D eigenvalue weighted by molar-refractivity contribution is 0.0737. The van der Waals surface area contributed by atoms with Crippen molar-refractivity contribution in [2.45, 2.75) is 46.1 Å². The van der Waals surface area contributed by atoms with E-state index in [0.717, 1.165) is 0 Å².